The first-order valence-electron chi connectivity index (χ1n) is 14.1. The van der Waals surface area contributed by atoms with Crippen LogP contribution in [0.5, 0.6) is 0 Å². The standard InChI is InChI=1S/C32H28BClFN7/c33-32(22-8-10-23(35)11-9-22,28-18-42(41-40-28)25-12-13-25)39-24-14-26-30(21(16-36)17-37-31(26)27(34)15-24)38-29(20-6-7-20)19-4-2-1-3-5-19/h1-5,8-11,14-15,17-18,20,25,29,39-41H,6-7,12-13H2,(H,37,38). The smallest absolute Gasteiger partial charge is 0.123 e. The molecule has 2 atom stereocenters. The summed E-state index contributed by atoms with van der Waals surface area (Å²) in [6, 6.07) is 22.8. The van der Waals surface area contributed by atoms with E-state index in [0.717, 1.165) is 25.7 Å². The highest BCUT2D eigenvalue weighted by molar-refractivity contribution is 6.36. The van der Waals surface area contributed by atoms with Gasteiger partial charge in [0.05, 0.1) is 39.0 Å². The van der Waals surface area contributed by atoms with Crippen molar-refractivity contribution in [1.29, 1.82) is 5.26 Å². The molecule has 4 N–H and O–H groups in total. The lowest BCUT2D eigenvalue weighted by Crippen LogP contribution is -2.45. The minimum atomic E-state index is -1.27. The predicted octanol–water partition coefficient (Wildman–Crippen LogP) is 6.22. The summed E-state index contributed by atoms with van der Waals surface area (Å²) in [5.74, 6) is 0.117. The number of rotatable bonds is 9. The Balaban J connectivity index is 1.32. The van der Waals surface area contributed by atoms with Gasteiger partial charge in [0.2, 0.25) is 0 Å². The Labute approximate surface area is 250 Å². The van der Waals surface area contributed by atoms with Crippen LogP contribution in [0.25, 0.3) is 10.9 Å². The summed E-state index contributed by atoms with van der Waals surface area (Å²) < 4.78 is 13.9. The fraction of sp³-hybridized carbons (Fsp3) is 0.250. The van der Waals surface area contributed by atoms with Crippen LogP contribution >= 0.6 is 11.6 Å². The Morgan fingerprint density at radius 3 is 2.55 bits per heavy atom. The van der Waals surface area contributed by atoms with E-state index in [9.17, 15) is 9.65 Å². The van der Waals surface area contributed by atoms with Crippen LogP contribution < -0.4 is 21.6 Å². The zero-order valence-corrected chi connectivity index (χ0v) is 23.5. The van der Waals surface area contributed by atoms with E-state index in [1.54, 1.807) is 24.4 Å². The first-order chi connectivity index (χ1) is 20.4. The zero-order valence-electron chi connectivity index (χ0n) is 22.7. The van der Waals surface area contributed by atoms with Crippen LogP contribution in [-0.2, 0) is 5.44 Å². The number of nitrogens with one attached hydrogen (secondary N) is 4. The van der Waals surface area contributed by atoms with Crippen molar-refractivity contribution in [1.82, 2.24) is 21.0 Å². The number of benzene rings is 3. The molecule has 4 aromatic rings. The molecule has 1 aromatic heterocycles. The van der Waals surface area contributed by atoms with Gasteiger partial charge in [-0.3, -0.25) is 9.99 Å². The molecular weight excluding hydrogens is 548 g/mol. The van der Waals surface area contributed by atoms with Crippen LogP contribution in [0.3, 0.4) is 0 Å². The molecule has 42 heavy (non-hydrogen) atoms. The highest BCUT2D eigenvalue weighted by Gasteiger charge is 2.38. The molecule has 0 spiro atoms. The lowest BCUT2D eigenvalue weighted by molar-refractivity contribution is 0.260. The van der Waals surface area contributed by atoms with Crippen LogP contribution in [0.2, 0.25) is 5.02 Å². The second-order valence-electron chi connectivity index (χ2n) is 11.2. The average molecular weight is 576 g/mol. The van der Waals surface area contributed by atoms with E-state index in [2.05, 4.69) is 44.8 Å². The maximum atomic E-state index is 13.9. The van der Waals surface area contributed by atoms with E-state index < -0.39 is 5.44 Å². The molecule has 2 unspecified atom stereocenters. The third kappa shape index (κ3) is 5.02. The zero-order chi connectivity index (χ0) is 28.8. The summed E-state index contributed by atoms with van der Waals surface area (Å²) in [7, 11) is 7.12. The number of hydrazine groups is 2. The van der Waals surface area contributed by atoms with Crippen molar-refractivity contribution in [3.05, 3.63) is 112 Å². The van der Waals surface area contributed by atoms with Crippen molar-refractivity contribution in [3.63, 3.8) is 0 Å². The molecule has 0 bridgehead atoms. The van der Waals surface area contributed by atoms with Crippen LogP contribution in [-0.4, -0.2) is 23.9 Å². The van der Waals surface area contributed by atoms with Gasteiger partial charge in [0.15, 0.2) is 0 Å². The molecule has 2 aliphatic carbocycles. The molecule has 1 aliphatic heterocycles. The summed E-state index contributed by atoms with van der Waals surface area (Å²) in [6.07, 6.45) is 7.93. The molecule has 0 amide bonds. The molecule has 7 nitrogen and oxygen atoms in total. The van der Waals surface area contributed by atoms with Gasteiger partial charge in [-0.05, 0) is 67.0 Å². The highest BCUT2D eigenvalue weighted by atomic mass is 35.5. The van der Waals surface area contributed by atoms with Gasteiger partial charge in [0.25, 0.3) is 0 Å². The Bertz CT molecular complexity index is 1720. The largest absolute Gasteiger partial charge is 0.378 e. The van der Waals surface area contributed by atoms with Gasteiger partial charge in [-0.25, -0.2) is 4.39 Å². The monoisotopic (exact) mass is 575 g/mol. The van der Waals surface area contributed by atoms with E-state index >= 15 is 0 Å². The van der Waals surface area contributed by atoms with Gasteiger partial charge in [-0.1, -0.05) is 54.1 Å². The van der Waals surface area contributed by atoms with Gasteiger partial charge >= 0.3 is 0 Å². The van der Waals surface area contributed by atoms with Gasteiger partial charge in [-0.2, -0.15) is 5.26 Å². The molecular formula is C32H28BClFN7. The van der Waals surface area contributed by atoms with Crippen molar-refractivity contribution in [3.8, 4) is 6.07 Å². The summed E-state index contributed by atoms with van der Waals surface area (Å²) >= 11 is 6.83. The summed E-state index contributed by atoms with van der Waals surface area (Å²) in [6.45, 7) is 0. The van der Waals surface area contributed by atoms with Gasteiger partial charge in [-0.15, -0.1) is 5.53 Å². The summed E-state index contributed by atoms with van der Waals surface area (Å²) in [4.78, 5) is 4.54. The Hall–Kier alpha value is -4.26. The normalized spacial score (nSPS) is 18.5. The van der Waals surface area contributed by atoms with Crippen LogP contribution in [0.4, 0.5) is 15.8 Å². The summed E-state index contributed by atoms with van der Waals surface area (Å²) in [5.41, 5.74) is 9.90. The van der Waals surface area contributed by atoms with Crippen molar-refractivity contribution in [2.24, 2.45) is 5.92 Å². The molecule has 2 fully saturated rings. The van der Waals surface area contributed by atoms with Crippen LogP contribution in [0.15, 0.2) is 84.8 Å². The molecule has 0 saturated heterocycles. The molecule has 10 heteroatoms. The third-order valence-electron chi connectivity index (χ3n) is 8.19. The number of anilines is 2. The van der Waals surface area contributed by atoms with Crippen molar-refractivity contribution < 1.29 is 4.39 Å². The summed E-state index contributed by atoms with van der Waals surface area (Å²) in [5, 5.41) is 20.4. The number of hydrogen-bond acceptors (Lipinski definition) is 7. The number of pyridine rings is 1. The van der Waals surface area contributed by atoms with Crippen LogP contribution in [0, 0.1) is 23.1 Å². The molecule has 3 aromatic carbocycles. The van der Waals surface area contributed by atoms with Crippen LogP contribution in [0.1, 0.15) is 48.4 Å². The maximum absolute atomic E-state index is 13.9. The molecule has 7 rings (SSSR count). The third-order valence-corrected chi connectivity index (χ3v) is 8.48. The Morgan fingerprint density at radius 1 is 1.10 bits per heavy atom. The predicted molar refractivity (Wildman–Crippen MR) is 164 cm³/mol. The van der Waals surface area contributed by atoms with Crippen molar-refractivity contribution >= 4 is 41.7 Å². The first kappa shape index (κ1) is 26.6. The van der Waals surface area contributed by atoms with Gasteiger partial charge < -0.3 is 16.1 Å². The number of hydrogen-bond donors (Lipinski definition) is 4. The molecule has 2 saturated carbocycles. The van der Waals surface area contributed by atoms with E-state index in [1.807, 2.05) is 35.5 Å². The van der Waals surface area contributed by atoms with E-state index in [0.29, 0.717) is 56.1 Å². The molecule has 2 heterocycles. The number of aromatic nitrogens is 1. The van der Waals surface area contributed by atoms with E-state index in [4.69, 9.17) is 19.4 Å². The van der Waals surface area contributed by atoms with Gasteiger partial charge in [0.1, 0.15) is 19.7 Å². The van der Waals surface area contributed by atoms with Gasteiger partial charge in [0, 0.05) is 29.5 Å². The van der Waals surface area contributed by atoms with E-state index in [-0.39, 0.29) is 11.9 Å². The number of nitrogens with zero attached hydrogens (tertiary/aromatic N) is 3. The second kappa shape index (κ2) is 10.5. The quantitative estimate of drug-likeness (QED) is 0.176. The Kier molecular flexibility index (Phi) is 6.68. The SMILES string of the molecule is [B]C(Nc1cc(Cl)c2ncc(C#N)c(NC(c3ccccc3)C3CC3)c2c1)(C1=CN(C2CC2)NN1)c1ccc(F)cc1. The topological polar surface area (TPSA) is 88.0 Å². The minimum absolute atomic E-state index is 0.0411. The fourth-order valence-corrected chi connectivity index (χ4v) is 5.87. The maximum Gasteiger partial charge on any atom is 0.123 e. The fourth-order valence-electron chi connectivity index (χ4n) is 5.60. The number of halogens is 2. The highest BCUT2D eigenvalue weighted by Crippen LogP contribution is 2.45. The average Bonchev–Trinajstić information content (AvgIpc) is 3.95. The van der Waals surface area contributed by atoms with Crippen molar-refractivity contribution in [2.75, 3.05) is 10.6 Å². The number of nitriles is 1. The lowest BCUT2D eigenvalue weighted by atomic mass is 9.69. The van der Waals surface area contributed by atoms with E-state index in [1.165, 1.54) is 17.7 Å². The molecule has 2 radical (unpaired) electrons. The Morgan fingerprint density at radius 2 is 1.86 bits per heavy atom. The first-order valence-corrected chi connectivity index (χ1v) is 14.5. The molecule has 3 aliphatic rings. The second-order valence-corrected chi connectivity index (χ2v) is 11.6. The minimum Gasteiger partial charge on any atom is -0.378 e. The lowest BCUT2D eigenvalue weighted by Gasteiger charge is -2.34. The number of fused-ring (bicyclic) bond motifs is 1. The molecule has 208 valence electrons. The van der Waals surface area contributed by atoms with Crippen molar-refractivity contribution in [2.45, 2.75) is 43.2 Å².